The highest BCUT2D eigenvalue weighted by Crippen LogP contribution is 2.33. The van der Waals surface area contributed by atoms with Gasteiger partial charge in [0.05, 0.1) is 11.1 Å². The van der Waals surface area contributed by atoms with E-state index in [2.05, 4.69) is 15.4 Å². The molecule has 0 radical (unpaired) electrons. The summed E-state index contributed by atoms with van der Waals surface area (Å²) in [5, 5.41) is 6.07. The van der Waals surface area contributed by atoms with Gasteiger partial charge in [-0.05, 0) is 31.5 Å². The average Bonchev–Trinajstić information content (AvgIpc) is 2.48. The number of hydrogen-bond donors (Lipinski definition) is 2. The average molecular weight is 390 g/mol. The largest absolute Gasteiger partial charge is 0.433 e. The van der Waals surface area contributed by atoms with Crippen LogP contribution in [0.4, 0.5) is 8.78 Å². The Morgan fingerprint density at radius 3 is 2.74 bits per heavy atom. The minimum Gasteiger partial charge on any atom is -0.433 e. The Morgan fingerprint density at radius 1 is 1.39 bits per heavy atom. The third kappa shape index (κ3) is 5.95. The lowest BCUT2D eigenvalue weighted by Crippen LogP contribution is -2.46. The molecule has 1 heterocycles. The third-order valence-electron chi connectivity index (χ3n) is 3.37. The quantitative estimate of drug-likeness (QED) is 0.806. The third-order valence-corrected chi connectivity index (χ3v) is 3.87. The summed E-state index contributed by atoms with van der Waals surface area (Å²) in [7, 11) is 0. The van der Waals surface area contributed by atoms with Crippen LogP contribution in [0.1, 0.15) is 24.8 Å². The van der Waals surface area contributed by atoms with Crippen LogP contribution in [-0.4, -0.2) is 25.1 Å². The molecule has 1 aliphatic heterocycles. The normalized spacial score (nSPS) is 17.5. The van der Waals surface area contributed by atoms with Crippen molar-refractivity contribution in [3.63, 3.8) is 0 Å². The number of rotatable bonds is 5. The lowest BCUT2D eigenvalue weighted by Gasteiger charge is -2.23. The van der Waals surface area contributed by atoms with Gasteiger partial charge in [0.2, 0.25) is 5.91 Å². The zero-order valence-corrected chi connectivity index (χ0v) is 14.4. The molecular weight excluding hydrogens is 373 g/mol. The first kappa shape index (κ1) is 20.2. The number of ether oxygens (including phenoxy) is 1. The van der Waals surface area contributed by atoms with Crippen molar-refractivity contribution >= 4 is 41.5 Å². The topological polar surface area (TPSA) is 50.4 Å². The molecule has 2 N–H and O–H groups in total. The van der Waals surface area contributed by atoms with E-state index in [1.54, 1.807) is 0 Å². The highest BCUT2D eigenvalue weighted by atomic mass is 35.5. The van der Waals surface area contributed by atoms with Crippen molar-refractivity contribution in [3.8, 4) is 5.75 Å². The Morgan fingerprint density at radius 2 is 2.13 bits per heavy atom. The van der Waals surface area contributed by atoms with Crippen LogP contribution in [0.3, 0.4) is 0 Å². The van der Waals surface area contributed by atoms with E-state index in [1.807, 2.05) is 0 Å². The molecule has 4 nitrogen and oxygen atoms in total. The van der Waals surface area contributed by atoms with Gasteiger partial charge in [0, 0.05) is 17.1 Å². The molecular formula is C14H17Cl3F2N2O2. The van der Waals surface area contributed by atoms with Gasteiger partial charge in [-0.2, -0.15) is 8.78 Å². The van der Waals surface area contributed by atoms with Gasteiger partial charge in [-0.3, -0.25) is 4.79 Å². The molecule has 1 unspecified atom stereocenters. The van der Waals surface area contributed by atoms with E-state index in [-0.39, 0.29) is 46.7 Å². The zero-order valence-electron chi connectivity index (χ0n) is 12.1. The second-order valence-electron chi connectivity index (χ2n) is 4.97. The number of carbonyl (C=O) groups excluding carboxylic acids is 1. The molecule has 23 heavy (non-hydrogen) atoms. The predicted octanol–water partition coefficient (Wildman–Crippen LogP) is 3.77. The van der Waals surface area contributed by atoms with Gasteiger partial charge in [0.25, 0.3) is 0 Å². The summed E-state index contributed by atoms with van der Waals surface area (Å²) in [6.07, 6.45) is 2.77. The summed E-state index contributed by atoms with van der Waals surface area (Å²) in [6.45, 7) is -2.20. The smallest absolute Gasteiger partial charge is 0.387 e. The van der Waals surface area contributed by atoms with E-state index < -0.39 is 6.61 Å². The number of nitrogens with one attached hydrogen (secondary N) is 2. The van der Waals surface area contributed by atoms with Gasteiger partial charge in [-0.15, -0.1) is 12.4 Å². The molecule has 1 amide bonds. The van der Waals surface area contributed by atoms with Gasteiger partial charge in [0.15, 0.2) is 0 Å². The Balaban J connectivity index is 0.00000264. The van der Waals surface area contributed by atoms with Gasteiger partial charge < -0.3 is 15.4 Å². The fourth-order valence-electron chi connectivity index (χ4n) is 2.35. The molecule has 1 atom stereocenters. The predicted molar refractivity (Wildman–Crippen MR) is 87.8 cm³/mol. The van der Waals surface area contributed by atoms with E-state index in [1.165, 1.54) is 12.1 Å². The van der Waals surface area contributed by atoms with Crippen molar-refractivity contribution in [2.24, 2.45) is 0 Å². The van der Waals surface area contributed by atoms with Crippen LogP contribution in [0.25, 0.3) is 0 Å². The van der Waals surface area contributed by atoms with Crippen molar-refractivity contribution in [1.29, 1.82) is 0 Å². The second kappa shape index (κ2) is 9.47. The summed E-state index contributed by atoms with van der Waals surface area (Å²) in [5.41, 5.74) is 0.307. The van der Waals surface area contributed by atoms with E-state index in [4.69, 9.17) is 23.2 Å². The Labute approximate surface area is 149 Å². The minimum absolute atomic E-state index is 0. The number of hydrogen-bond acceptors (Lipinski definition) is 3. The number of amides is 1. The van der Waals surface area contributed by atoms with Gasteiger partial charge in [0.1, 0.15) is 5.75 Å². The Hall–Kier alpha value is -0.820. The SMILES string of the molecule is Cl.O=C(NCc1cc(Cl)cc(Cl)c1OC(F)F)C1CCCCN1. The second-order valence-corrected chi connectivity index (χ2v) is 5.82. The first-order valence-corrected chi connectivity index (χ1v) is 7.67. The van der Waals surface area contributed by atoms with Crippen molar-refractivity contribution in [1.82, 2.24) is 10.6 Å². The molecule has 0 spiro atoms. The van der Waals surface area contributed by atoms with Crippen LogP contribution in [0.15, 0.2) is 12.1 Å². The van der Waals surface area contributed by atoms with Crippen molar-refractivity contribution in [2.75, 3.05) is 6.54 Å². The van der Waals surface area contributed by atoms with Crippen molar-refractivity contribution < 1.29 is 18.3 Å². The highest BCUT2D eigenvalue weighted by molar-refractivity contribution is 6.35. The first-order chi connectivity index (χ1) is 10.5. The summed E-state index contributed by atoms with van der Waals surface area (Å²) < 4.78 is 29.3. The molecule has 1 aliphatic rings. The number of carbonyl (C=O) groups is 1. The summed E-state index contributed by atoms with van der Waals surface area (Å²) in [4.78, 5) is 12.0. The molecule has 1 aromatic carbocycles. The van der Waals surface area contributed by atoms with Crippen LogP contribution >= 0.6 is 35.6 Å². The number of alkyl halides is 2. The summed E-state index contributed by atoms with van der Waals surface area (Å²) >= 11 is 11.7. The fourth-order valence-corrected chi connectivity index (χ4v) is 2.93. The van der Waals surface area contributed by atoms with Gasteiger partial charge >= 0.3 is 6.61 Å². The van der Waals surface area contributed by atoms with Crippen LogP contribution < -0.4 is 15.4 Å². The molecule has 0 aliphatic carbocycles. The Bertz CT molecular complexity index is 541. The molecule has 130 valence electrons. The highest BCUT2D eigenvalue weighted by Gasteiger charge is 2.21. The monoisotopic (exact) mass is 388 g/mol. The molecule has 1 fully saturated rings. The van der Waals surface area contributed by atoms with Gasteiger partial charge in [-0.25, -0.2) is 0 Å². The number of halogens is 5. The maximum Gasteiger partial charge on any atom is 0.387 e. The number of piperidine rings is 1. The molecule has 2 rings (SSSR count). The minimum atomic E-state index is -3.01. The van der Waals surface area contributed by atoms with Crippen LogP contribution in [0.5, 0.6) is 5.75 Å². The molecule has 0 saturated carbocycles. The molecule has 0 bridgehead atoms. The lowest BCUT2D eigenvalue weighted by atomic mass is 10.0. The van der Waals surface area contributed by atoms with Gasteiger partial charge in [-0.1, -0.05) is 29.6 Å². The number of benzene rings is 1. The summed E-state index contributed by atoms with van der Waals surface area (Å²) in [5.74, 6) is -0.350. The molecule has 1 aromatic rings. The van der Waals surface area contributed by atoms with Crippen LogP contribution in [-0.2, 0) is 11.3 Å². The maximum absolute atomic E-state index is 12.5. The fraction of sp³-hybridized carbons (Fsp3) is 0.500. The Kier molecular flexibility index (Phi) is 8.33. The van der Waals surface area contributed by atoms with Crippen molar-refractivity contribution in [3.05, 3.63) is 27.7 Å². The van der Waals surface area contributed by atoms with E-state index in [0.717, 1.165) is 25.8 Å². The molecule has 1 saturated heterocycles. The van der Waals surface area contributed by atoms with Crippen LogP contribution in [0.2, 0.25) is 10.0 Å². The lowest BCUT2D eigenvalue weighted by molar-refractivity contribution is -0.123. The zero-order chi connectivity index (χ0) is 16.1. The van der Waals surface area contributed by atoms with E-state index in [0.29, 0.717) is 5.56 Å². The van der Waals surface area contributed by atoms with E-state index in [9.17, 15) is 13.6 Å². The standard InChI is InChI=1S/C14H16Cl2F2N2O2.ClH/c15-9-5-8(12(10(16)6-9)22-14(17)18)7-20-13(21)11-3-1-2-4-19-11;/h5-6,11,14,19H,1-4,7H2,(H,20,21);1H. The first-order valence-electron chi connectivity index (χ1n) is 6.91. The van der Waals surface area contributed by atoms with Crippen LogP contribution in [0, 0.1) is 0 Å². The maximum atomic E-state index is 12.5. The van der Waals surface area contributed by atoms with E-state index >= 15 is 0 Å². The summed E-state index contributed by atoms with van der Waals surface area (Å²) in [6, 6.07) is 2.50. The molecule has 9 heteroatoms. The van der Waals surface area contributed by atoms with Crippen molar-refractivity contribution in [2.45, 2.75) is 38.5 Å². The molecule has 0 aromatic heterocycles.